The molecular formula is C14H22N4O2. The predicted octanol–water partition coefficient (Wildman–Crippen LogP) is 3.17. The number of carbonyl (C=O) groups excluding carboxylic acids is 1. The summed E-state index contributed by atoms with van der Waals surface area (Å²) in [4.78, 5) is 10.2. The molecule has 0 heterocycles. The Kier molecular flexibility index (Phi) is 9.74. The summed E-state index contributed by atoms with van der Waals surface area (Å²) in [6, 6.07) is 3.94. The van der Waals surface area contributed by atoms with Crippen LogP contribution in [0.15, 0.2) is 22.9 Å². The summed E-state index contributed by atoms with van der Waals surface area (Å²) in [6.45, 7) is 12.2. The van der Waals surface area contributed by atoms with Crippen molar-refractivity contribution in [1.82, 2.24) is 0 Å². The number of esters is 1. The maximum Gasteiger partial charge on any atom is 0.330 e. The Bertz CT molecular complexity index is 397. The van der Waals surface area contributed by atoms with Crippen LogP contribution >= 0.6 is 0 Å². The van der Waals surface area contributed by atoms with Crippen LogP contribution in [0, 0.1) is 22.7 Å². The summed E-state index contributed by atoms with van der Waals surface area (Å²) in [5, 5.41) is 24.7. The molecule has 0 aromatic rings. The van der Waals surface area contributed by atoms with Gasteiger partial charge in [-0.25, -0.2) is 4.79 Å². The standard InChI is InChI=1S/C8H12N4.C6H10O2/c1-7(2,5-9)11-12-8(3,4)6-10;1-3-5-8-6(7)4-2/h1-4H3;4H,2-3,5H2,1H3. The molecule has 0 rings (SSSR count). The largest absolute Gasteiger partial charge is 0.463 e. The van der Waals surface area contributed by atoms with Crippen LogP contribution in [0.4, 0.5) is 0 Å². The van der Waals surface area contributed by atoms with E-state index in [1.165, 1.54) is 0 Å². The fraction of sp³-hybridized carbons (Fsp3) is 0.643. The van der Waals surface area contributed by atoms with Crippen molar-refractivity contribution in [2.45, 2.75) is 52.1 Å². The highest BCUT2D eigenvalue weighted by Crippen LogP contribution is 2.13. The van der Waals surface area contributed by atoms with Gasteiger partial charge < -0.3 is 4.74 Å². The maximum atomic E-state index is 10.2. The van der Waals surface area contributed by atoms with Crippen molar-refractivity contribution in [3.63, 3.8) is 0 Å². The van der Waals surface area contributed by atoms with Crippen molar-refractivity contribution in [2.75, 3.05) is 6.61 Å². The minimum absolute atomic E-state index is 0.341. The van der Waals surface area contributed by atoms with Crippen LogP contribution in [0.1, 0.15) is 41.0 Å². The average Bonchev–Trinajstić information content (AvgIpc) is 2.43. The molecule has 110 valence electrons. The van der Waals surface area contributed by atoms with E-state index >= 15 is 0 Å². The smallest absolute Gasteiger partial charge is 0.330 e. The van der Waals surface area contributed by atoms with Crippen LogP contribution in [0.5, 0.6) is 0 Å². The summed E-state index contributed by atoms with van der Waals surface area (Å²) >= 11 is 0. The second kappa shape index (κ2) is 9.69. The van der Waals surface area contributed by atoms with Crippen molar-refractivity contribution in [1.29, 1.82) is 10.5 Å². The number of nitriles is 2. The molecule has 0 atom stereocenters. The third-order valence-corrected chi connectivity index (χ3v) is 1.71. The number of ether oxygens (including phenoxy) is 1. The molecule has 0 amide bonds. The third-order valence-electron chi connectivity index (χ3n) is 1.71. The first-order valence-corrected chi connectivity index (χ1v) is 6.20. The monoisotopic (exact) mass is 278 g/mol. The molecule has 0 aromatic carbocycles. The zero-order valence-electron chi connectivity index (χ0n) is 12.8. The maximum absolute atomic E-state index is 10.2. The highest BCUT2D eigenvalue weighted by Gasteiger charge is 2.19. The molecule has 6 nitrogen and oxygen atoms in total. The van der Waals surface area contributed by atoms with Crippen molar-refractivity contribution < 1.29 is 9.53 Å². The minimum atomic E-state index is -0.839. The van der Waals surface area contributed by atoms with Crippen LogP contribution in [-0.2, 0) is 9.53 Å². The average molecular weight is 278 g/mol. The van der Waals surface area contributed by atoms with Gasteiger partial charge in [0.1, 0.15) is 0 Å². The lowest BCUT2D eigenvalue weighted by molar-refractivity contribution is -0.137. The van der Waals surface area contributed by atoms with E-state index in [0.29, 0.717) is 6.61 Å². The molecule has 0 saturated carbocycles. The zero-order chi connectivity index (χ0) is 16.2. The minimum Gasteiger partial charge on any atom is -0.463 e. The number of hydrogen-bond acceptors (Lipinski definition) is 6. The molecule has 0 aliphatic carbocycles. The van der Waals surface area contributed by atoms with E-state index in [4.69, 9.17) is 10.5 Å². The topological polar surface area (TPSA) is 98.6 Å². The van der Waals surface area contributed by atoms with Gasteiger partial charge in [0.2, 0.25) is 0 Å². The second-order valence-corrected chi connectivity index (χ2v) is 4.91. The molecule has 0 radical (unpaired) electrons. The Morgan fingerprint density at radius 1 is 1.20 bits per heavy atom. The predicted molar refractivity (Wildman–Crippen MR) is 75.7 cm³/mol. The quantitative estimate of drug-likeness (QED) is 0.438. The van der Waals surface area contributed by atoms with Crippen molar-refractivity contribution in [3.8, 4) is 12.1 Å². The molecule has 0 saturated heterocycles. The van der Waals surface area contributed by atoms with Gasteiger partial charge in [-0.3, -0.25) is 0 Å². The van der Waals surface area contributed by atoms with E-state index < -0.39 is 11.1 Å². The van der Waals surface area contributed by atoms with Crippen LogP contribution in [0.3, 0.4) is 0 Å². The summed E-state index contributed by atoms with van der Waals surface area (Å²) < 4.78 is 4.58. The van der Waals surface area contributed by atoms with Crippen LogP contribution in [-0.4, -0.2) is 23.7 Å². The fourth-order valence-corrected chi connectivity index (χ4v) is 0.556. The number of nitrogens with zero attached hydrogens (tertiary/aromatic N) is 4. The molecule has 0 unspecified atom stereocenters. The number of hydrogen-bond donors (Lipinski definition) is 0. The van der Waals surface area contributed by atoms with Gasteiger partial charge >= 0.3 is 5.97 Å². The first-order chi connectivity index (χ1) is 9.14. The van der Waals surface area contributed by atoms with E-state index in [-0.39, 0.29) is 5.97 Å². The second-order valence-electron chi connectivity index (χ2n) is 4.91. The van der Waals surface area contributed by atoms with Gasteiger partial charge in [0.05, 0.1) is 18.7 Å². The van der Waals surface area contributed by atoms with Gasteiger partial charge in [0, 0.05) is 6.08 Å². The summed E-state index contributed by atoms with van der Waals surface area (Å²) in [5.41, 5.74) is -1.68. The number of rotatable bonds is 5. The van der Waals surface area contributed by atoms with Crippen LogP contribution in [0.25, 0.3) is 0 Å². The van der Waals surface area contributed by atoms with Crippen LogP contribution in [0.2, 0.25) is 0 Å². The van der Waals surface area contributed by atoms with Gasteiger partial charge in [-0.2, -0.15) is 20.8 Å². The van der Waals surface area contributed by atoms with Crippen molar-refractivity contribution in [3.05, 3.63) is 12.7 Å². The SMILES string of the molecule is C=CC(=O)OCCC.CC(C)(C#N)N=NC(C)(C)C#N. The van der Waals surface area contributed by atoms with Crippen molar-refractivity contribution >= 4 is 5.97 Å². The fourth-order valence-electron chi connectivity index (χ4n) is 0.556. The summed E-state index contributed by atoms with van der Waals surface area (Å²) in [7, 11) is 0. The van der Waals surface area contributed by atoms with E-state index in [0.717, 1.165) is 12.5 Å². The summed E-state index contributed by atoms with van der Waals surface area (Å²) in [6.07, 6.45) is 2.02. The Morgan fingerprint density at radius 3 is 1.85 bits per heavy atom. The highest BCUT2D eigenvalue weighted by atomic mass is 16.5. The molecule has 6 heteroatoms. The molecule has 0 spiro atoms. The molecule has 0 bridgehead atoms. The molecule has 0 aromatic heterocycles. The van der Waals surface area contributed by atoms with E-state index in [2.05, 4.69) is 21.5 Å². The Hall–Kier alpha value is -2.21. The van der Waals surface area contributed by atoms with E-state index in [1.54, 1.807) is 27.7 Å². The lowest BCUT2D eigenvalue weighted by Crippen LogP contribution is -2.17. The Balaban J connectivity index is 0. The lowest BCUT2D eigenvalue weighted by atomic mass is 10.1. The Labute approximate surface area is 120 Å². The van der Waals surface area contributed by atoms with E-state index in [9.17, 15) is 4.79 Å². The normalized spacial score (nSPS) is 10.8. The molecule has 0 aliphatic rings. The van der Waals surface area contributed by atoms with Crippen LogP contribution < -0.4 is 0 Å². The first-order valence-electron chi connectivity index (χ1n) is 6.20. The van der Waals surface area contributed by atoms with Crippen molar-refractivity contribution in [2.24, 2.45) is 10.2 Å². The van der Waals surface area contributed by atoms with Gasteiger partial charge in [-0.1, -0.05) is 13.5 Å². The van der Waals surface area contributed by atoms with E-state index in [1.807, 2.05) is 19.1 Å². The summed E-state index contributed by atoms with van der Waals surface area (Å²) in [5.74, 6) is -0.341. The number of carbonyl (C=O) groups is 1. The highest BCUT2D eigenvalue weighted by molar-refractivity contribution is 5.81. The van der Waals surface area contributed by atoms with Gasteiger partial charge in [-0.05, 0) is 34.1 Å². The molecule has 0 N–H and O–H groups in total. The lowest BCUT2D eigenvalue weighted by Gasteiger charge is -2.11. The first kappa shape index (κ1) is 20.1. The Morgan fingerprint density at radius 2 is 1.60 bits per heavy atom. The third kappa shape index (κ3) is 12.3. The number of azo groups is 1. The molecular weight excluding hydrogens is 256 g/mol. The molecule has 20 heavy (non-hydrogen) atoms. The zero-order valence-corrected chi connectivity index (χ0v) is 12.8. The molecule has 0 fully saturated rings. The molecule has 0 aliphatic heterocycles. The van der Waals surface area contributed by atoms with Gasteiger partial charge in [-0.15, -0.1) is 0 Å². The van der Waals surface area contributed by atoms with Gasteiger partial charge in [0.25, 0.3) is 0 Å². The van der Waals surface area contributed by atoms with Gasteiger partial charge in [0.15, 0.2) is 11.1 Å².